The third-order valence-electron chi connectivity index (χ3n) is 5.98. The van der Waals surface area contributed by atoms with Crippen molar-refractivity contribution in [2.24, 2.45) is 0 Å². The minimum absolute atomic E-state index is 0.0446. The Labute approximate surface area is 199 Å². The fourth-order valence-corrected chi connectivity index (χ4v) is 3.32. The Morgan fingerprint density at radius 2 is 1.74 bits per heavy atom. The molecule has 2 aromatic carbocycles. The molecule has 9 heteroatoms. The van der Waals surface area contributed by atoms with Gasteiger partial charge < -0.3 is 24.5 Å². The van der Waals surface area contributed by atoms with Crippen LogP contribution in [0.3, 0.4) is 0 Å². The van der Waals surface area contributed by atoms with Crippen LogP contribution in [0.2, 0.25) is 0 Å². The van der Waals surface area contributed by atoms with Crippen molar-refractivity contribution in [3.63, 3.8) is 0 Å². The van der Waals surface area contributed by atoms with E-state index in [-0.39, 0.29) is 18.7 Å². The van der Waals surface area contributed by atoms with E-state index in [0.29, 0.717) is 11.0 Å². The van der Waals surface area contributed by atoms with E-state index in [1.807, 2.05) is 58.0 Å². The van der Waals surface area contributed by atoms with Crippen molar-refractivity contribution in [2.45, 2.75) is 51.9 Å². The lowest BCUT2D eigenvalue weighted by molar-refractivity contribution is -0.136. The van der Waals surface area contributed by atoms with E-state index >= 15 is 0 Å². The van der Waals surface area contributed by atoms with Gasteiger partial charge in [-0.1, -0.05) is 48.5 Å². The molecule has 0 aromatic heterocycles. The van der Waals surface area contributed by atoms with Gasteiger partial charge in [0.1, 0.15) is 12.4 Å². The van der Waals surface area contributed by atoms with Crippen molar-refractivity contribution in [3.05, 3.63) is 76.5 Å². The van der Waals surface area contributed by atoms with Crippen LogP contribution >= 0.6 is 0 Å². The summed E-state index contributed by atoms with van der Waals surface area (Å²) in [5.74, 6) is -1.74. The van der Waals surface area contributed by atoms with E-state index < -0.39 is 42.6 Å². The molecule has 2 aromatic rings. The Morgan fingerprint density at radius 1 is 1.09 bits per heavy atom. The second-order valence-corrected chi connectivity index (χ2v) is 9.14. The highest BCUT2D eigenvalue weighted by Crippen LogP contribution is 2.38. The summed E-state index contributed by atoms with van der Waals surface area (Å²) < 4.78 is 31.9. The van der Waals surface area contributed by atoms with Gasteiger partial charge in [-0.2, -0.15) is 0 Å². The second-order valence-electron chi connectivity index (χ2n) is 9.14. The topological polar surface area (TPSA) is 94.1 Å². The van der Waals surface area contributed by atoms with E-state index in [2.05, 4.69) is 5.32 Å². The molecule has 1 aliphatic heterocycles. The standard InChI is InChI=1S/C25H29BFNO6/c1-24(2)25(3,4)34-26(33-24)20(12-18-10-11-19(14-22(29)30)21(27)13-18)15-28-23(31)32-16-17-8-6-5-7-9-17/h5-13H,14-16H2,1-4H3,(H,28,31)(H,29,30). The number of carbonyl (C=O) groups excluding carboxylic acids is 1. The van der Waals surface area contributed by atoms with E-state index in [4.69, 9.17) is 19.2 Å². The molecule has 1 amide bonds. The van der Waals surface area contributed by atoms with Crippen molar-refractivity contribution in [3.8, 4) is 0 Å². The number of hydrogen-bond acceptors (Lipinski definition) is 5. The van der Waals surface area contributed by atoms with Gasteiger partial charge in [-0.25, -0.2) is 9.18 Å². The highest BCUT2D eigenvalue weighted by molar-refractivity contribution is 6.56. The first kappa shape index (κ1) is 25.5. The number of carboxylic acid groups (broad SMARTS) is 1. The zero-order chi connectivity index (χ0) is 24.9. The van der Waals surface area contributed by atoms with Crippen molar-refractivity contribution < 1.29 is 33.1 Å². The number of amides is 1. The second kappa shape index (κ2) is 10.4. The van der Waals surface area contributed by atoms with Crippen LogP contribution in [0.25, 0.3) is 6.08 Å². The molecule has 1 saturated heterocycles. The molecule has 7 nitrogen and oxygen atoms in total. The first-order valence-corrected chi connectivity index (χ1v) is 11.0. The monoisotopic (exact) mass is 469 g/mol. The van der Waals surface area contributed by atoms with E-state index in [1.165, 1.54) is 12.1 Å². The highest BCUT2D eigenvalue weighted by atomic mass is 19.1. The predicted octanol–water partition coefficient (Wildman–Crippen LogP) is 4.39. The maximum atomic E-state index is 14.4. The average molecular weight is 469 g/mol. The van der Waals surface area contributed by atoms with Gasteiger partial charge in [-0.15, -0.1) is 0 Å². The summed E-state index contributed by atoms with van der Waals surface area (Å²) >= 11 is 0. The van der Waals surface area contributed by atoms with Crippen LogP contribution in [0.15, 0.2) is 54.0 Å². The molecule has 0 bridgehead atoms. The fourth-order valence-electron chi connectivity index (χ4n) is 3.32. The van der Waals surface area contributed by atoms with Crippen LogP contribution in [0.4, 0.5) is 9.18 Å². The lowest BCUT2D eigenvalue weighted by atomic mass is 9.77. The SMILES string of the molecule is CC1(C)OB(C(=Cc2ccc(CC(=O)O)c(F)c2)CNC(=O)OCc2ccccc2)OC1(C)C. The molecule has 3 rings (SSSR count). The smallest absolute Gasteiger partial charge is 0.481 e. The quantitative estimate of drug-likeness (QED) is 0.557. The number of carboxylic acids is 1. The maximum Gasteiger partial charge on any atom is 0.492 e. The number of halogens is 1. The zero-order valence-electron chi connectivity index (χ0n) is 19.8. The molecule has 0 saturated carbocycles. The van der Waals surface area contributed by atoms with Crippen molar-refractivity contribution in [1.82, 2.24) is 5.32 Å². The zero-order valence-corrected chi connectivity index (χ0v) is 19.8. The molecule has 0 radical (unpaired) electrons. The van der Waals surface area contributed by atoms with Gasteiger partial charge in [0.25, 0.3) is 0 Å². The van der Waals surface area contributed by atoms with Gasteiger partial charge in [-0.05, 0) is 55.9 Å². The van der Waals surface area contributed by atoms with Crippen LogP contribution in [-0.4, -0.2) is 42.0 Å². The summed E-state index contributed by atoms with van der Waals surface area (Å²) in [5.41, 5.74) is 0.764. The Hall–Kier alpha value is -3.17. The number of carbonyl (C=O) groups is 2. The minimum atomic E-state index is -1.11. The van der Waals surface area contributed by atoms with Gasteiger partial charge in [0.15, 0.2) is 0 Å². The summed E-state index contributed by atoms with van der Waals surface area (Å²) in [7, 11) is -0.777. The number of aliphatic carboxylic acids is 1. The highest BCUT2D eigenvalue weighted by Gasteiger charge is 2.52. The molecule has 2 N–H and O–H groups in total. The summed E-state index contributed by atoms with van der Waals surface area (Å²) in [6.45, 7) is 7.81. The summed E-state index contributed by atoms with van der Waals surface area (Å²) in [6, 6.07) is 13.6. The summed E-state index contributed by atoms with van der Waals surface area (Å²) in [4.78, 5) is 23.2. The number of ether oxygens (including phenoxy) is 1. The van der Waals surface area contributed by atoms with Crippen molar-refractivity contribution in [2.75, 3.05) is 6.54 Å². The van der Waals surface area contributed by atoms with Gasteiger partial charge in [0, 0.05) is 6.54 Å². The maximum absolute atomic E-state index is 14.4. The Morgan fingerprint density at radius 3 is 2.32 bits per heavy atom. The third-order valence-corrected chi connectivity index (χ3v) is 5.98. The van der Waals surface area contributed by atoms with Gasteiger partial charge in [0.2, 0.25) is 0 Å². The number of alkyl carbamates (subject to hydrolysis) is 1. The number of nitrogens with one attached hydrogen (secondary N) is 1. The van der Waals surface area contributed by atoms with E-state index in [0.717, 1.165) is 5.56 Å². The minimum Gasteiger partial charge on any atom is -0.481 e. The molecule has 0 unspecified atom stereocenters. The van der Waals surface area contributed by atoms with E-state index in [9.17, 15) is 14.0 Å². The Bertz CT molecular complexity index is 1050. The van der Waals surface area contributed by atoms with Crippen LogP contribution in [0.5, 0.6) is 0 Å². The number of rotatable bonds is 8. The van der Waals surface area contributed by atoms with E-state index in [1.54, 1.807) is 12.1 Å². The Kier molecular flexibility index (Phi) is 7.79. The fraction of sp³-hybridized carbons (Fsp3) is 0.360. The molecule has 0 spiro atoms. The van der Waals surface area contributed by atoms with Crippen molar-refractivity contribution >= 4 is 25.3 Å². The molecule has 1 aliphatic rings. The largest absolute Gasteiger partial charge is 0.492 e. The van der Waals surface area contributed by atoms with Crippen molar-refractivity contribution in [1.29, 1.82) is 0 Å². The molecule has 34 heavy (non-hydrogen) atoms. The average Bonchev–Trinajstić information content (AvgIpc) is 2.98. The molecular weight excluding hydrogens is 440 g/mol. The molecular formula is C25H29BFNO6. The first-order chi connectivity index (χ1) is 16.0. The summed E-state index contributed by atoms with van der Waals surface area (Å²) in [5, 5.41) is 11.6. The van der Waals surface area contributed by atoms with Crippen LogP contribution in [0, 0.1) is 5.82 Å². The first-order valence-electron chi connectivity index (χ1n) is 11.0. The van der Waals surface area contributed by atoms with Gasteiger partial charge in [0.05, 0.1) is 17.6 Å². The van der Waals surface area contributed by atoms with Crippen LogP contribution < -0.4 is 5.32 Å². The Balaban J connectivity index is 1.77. The van der Waals surface area contributed by atoms with Gasteiger partial charge >= 0.3 is 19.2 Å². The molecule has 1 fully saturated rings. The lowest BCUT2D eigenvalue weighted by Crippen LogP contribution is -2.41. The van der Waals surface area contributed by atoms with Crippen LogP contribution in [0.1, 0.15) is 44.4 Å². The van der Waals surface area contributed by atoms with Crippen LogP contribution in [-0.2, 0) is 31.9 Å². The summed E-state index contributed by atoms with van der Waals surface area (Å²) in [6.07, 6.45) is 0.636. The normalized spacial score (nSPS) is 16.9. The lowest BCUT2D eigenvalue weighted by Gasteiger charge is -2.32. The molecule has 1 heterocycles. The number of hydrogen-bond donors (Lipinski definition) is 2. The predicted molar refractivity (Wildman–Crippen MR) is 126 cm³/mol. The molecule has 180 valence electrons. The molecule has 0 aliphatic carbocycles. The van der Waals surface area contributed by atoms with Gasteiger partial charge in [-0.3, -0.25) is 4.79 Å². The third kappa shape index (κ3) is 6.45. The number of benzene rings is 2. The molecule has 0 atom stereocenters.